The topological polar surface area (TPSA) is 49.9 Å². The number of likely N-dealkylation sites (tertiary alicyclic amines) is 1. The summed E-state index contributed by atoms with van der Waals surface area (Å²) < 4.78 is 32.1. The smallest absolute Gasteiger partial charge is 0.256 e. The predicted molar refractivity (Wildman–Crippen MR) is 129 cm³/mol. The van der Waals surface area contributed by atoms with Gasteiger partial charge in [-0.15, -0.1) is 0 Å². The lowest BCUT2D eigenvalue weighted by Crippen LogP contribution is -2.39. The fourth-order valence-electron chi connectivity index (χ4n) is 3.26. The van der Waals surface area contributed by atoms with Gasteiger partial charge in [-0.2, -0.15) is 0 Å². The van der Waals surface area contributed by atoms with Gasteiger partial charge in [0.25, 0.3) is 5.91 Å². The van der Waals surface area contributed by atoms with Crippen LogP contribution in [0.2, 0.25) is 5.02 Å². The van der Waals surface area contributed by atoms with Crippen molar-refractivity contribution in [3.8, 4) is 5.75 Å². The molecule has 1 heterocycles. The molecule has 33 heavy (non-hydrogen) atoms. The largest absolute Gasteiger partial charge is 0.494 e. The van der Waals surface area contributed by atoms with Crippen LogP contribution in [0.5, 0.6) is 5.75 Å². The fourth-order valence-corrected chi connectivity index (χ4v) is 3.48. The van der Waals surface area contributed by atoms with E-state index in [1.807, 2.05) is 26.0 Å². The number of nitrogens with zero attached hydrogens (tertiary/aromatic N) is 2. The lowest BCUT2D eigenvalue weighted by molar-refractivity contribution is -0.128. The second-order valence-electron chi connectivity index (χ2n) is 8.28. The number of hydrogen-bond donors (Lipinski definition) is 0. The van der Waals surface area contributed by atoms with Gasteiger partial charge >= 0.3 is 0 Å². The second-order valence-corrected chi connectivity index (χ2v) is 8.69. The van der Waals surface area contributed by atoms with Crippen LogP contribution < -0.4 is 4.74 Å². The van der Waals surface area contributed by atoms with E-state index in [0.717, 1.165) is 31.8 Å². The van der Waals surface area contributed by atoms with Crippen molar-refractivity contribution in [1.29, 1.82) is 0 Å². The van der Waals surface area contributed by atoms with E-state index < -0.39 is 17.6 Å². The molecule has 0 atom stereocenters. The molecule has 0 unspecified atom stereocenters. The van der Waals surface area contributed by atoms with Crippen molar-refractivity contribution in [2.45, 2.75) is 25.7 Å². The zero-order valence-electron chi connectivity index (χ0n) is 19.6. The van der Waals surface area contributed by atoms with Gasteiger partial charge in [-0.05, 0) is 77.0 Å². The molecule has 1 fully saturated rings. The van der Waals surface area contributed by atoms with E-state index in [1.54, 1.807) is 18.2 Å². The summed E-state index contributed by atoms with van der Waals surface area (Å²) in [7, 11) is 6.00. The number of aldehydes is 1. The Labute approximate surface area is 200 Å². The van der Waals surface area contributed by atoms with Crippen molar-refractivity contribution in [3.63, 3.8) is 0 Å². The Morgan fingerprint density at radius 1 is 1.24 bits per heavy atom. The van der Waals surface area contributed by atoms with E-state index in [9.17, 15) is 18.4 Å². The van der Waals surface area contributed by atoms with Crippen molar-refractivity contribution >= 4 is 23.8 Å². The first kappa shape index (κ1) is 28.5. The highest BCUT2D eigenvalue weighted by atomic mass is 35.5. The van der Waals surface area contributed by atoms with Gasteiger partial charge in [0.1, 0.15) is 17.4 Å². The standard InChI is InChI=1S/C22H24ClF2NO3.C3H9N/c1-15(24)12-20(16(2)25)22(28)26-9-7-17(8-10-26)4-3-11-29-19-6-5-18(14-27)21(23)13-19;1-4(2)3/h5-6,12-14,17H,1-4,7-11H2;1-3H3/b20-12+;. The summed E-state index contributed by atoms with van der Waals surface area (Å²) >= 11 is 5.97. The molecule has 2 rings (SSSR count). The van der Waals surface area contributed by atoms with Gasteiger partial charge in [-0.3, -0.25) is 9.59 Å². The number of rotatable bonds is 9. The molecular formula is C25H33ClF2N2O3. The monoisotopic (exact) mass is 482 g/mol. The summed E-state index contributed by atoms with van der Waals surface area (Å²) in [6.45, 7) is 7.62. The minimum atomic E-state index is -0.964. The number of ether oxygens (including phenoxy) is 1. The van der Waals surface area contributed by atoms with Crippen LogP contribution in [-0.2, 0) is 4.79 Å². The van der Waals surface area contributed by atoms with Crippen molar-refractivity contribution in [1.82, 2.24) is 9.80 Å². The third kappa shape index (κ3) is 10.8. The van der Waals surface area contributed by atoms with Crippen molar-refractivity contribution in [2.24, 2.45) is 5.92 Å². The minimum absolute atomic E-state index is 0.357. The summed E-state index contributed by atoms with van der Waals surface area (Å²) in [6.07, 6.45) is 4.81. The molecule has 1 aliphatic heterocycles. The minimum Gasteiger partial charge on any atom is -0.494 e. The molecule has 182 valence electrons. The van der Waals surface area contributed by atoms with Crippen LogP contribution in [0.4, 0.5) is 8.78 Å². The Kier molecular flexibility index (Phi) is 12.6. The summed E-state index contributed by atoms with van der Waals surface area (Å²) in [5, 5.41) is 0.357. The van der Waals surface area contributed by atoms with Crippen LogP contribution in [-0.4, -0.2) is 62.8 Å². The summed E-state index contributed by atoms with van der Waals surface area (Å²) in [5.41, 5.74) is 0.0362. The highest BCUT2D eigenvalue weighted by Gasteiger charge is 2.26. The van der Waals surface area contributed by atoms with Crippen molar-refractivity contribution in [3.05, 3.63) is 65.2 Å². The highest BCUT2D eigenvalue weighted by molar-refractivity contribution is 6.33. The molecule has 1 aromatic carbocycles. The first-order valence-corrected chi connectivity index (χ1v) is 11.1. The summed E-state index contributed by atoms with van der Waals surface area (Å²) in [5.74, 6) is -1.37. The third-order valence-corrected chi connectivity index (χ3v) is 5.18. The van der Waals surface area contributed by atoms with Gasteiger partial charge < -0.3 is 14.5 Å². The maximum atomic E-state index is 13.5. The zero-order valence-corrected chi connectivity index (χ0v) is 20.3. The summed E-state index contributed by atoms with van der Waals surface area (Å²) in [6, 6.07) is 4.94. The maximum absolute atomic E-state index is 13.5. The number of hydrogen-bond acceptors (Lipinski definition) is 4. The Morgan fingerprint density at radius 3 is 2.33 bits per heavy atom. The fraction of sp³-hybridized carbons (Fsp3) is 0.440. The third-order valence-electron chi connectivity index (χ3n) is 4.85. The van der Waals surface area contributed by atoms with E-state index in [1.165, 1.54) is 4.90 Å². The Morgan fingerprint density at radius 2 is 1.85 bits per heavy atom. The molecule has 0 spiro atoms. The number of halogens is 3. The number of benzene rings is 1. The number of piperidine rings is 1. The molecule has 0 aromatic heterocycles. The van der Waals surface area contributed by atoms with Crippen LogP contribution in [0.25, 0.3) is 0 Å². The van der Waals surface area contributed by atoms with Gasteiger partial charge in [0, 0.05) is 18.7 Å². The predicted octanol–water partition coefficient (Wildman–Crippen LogP) is 5.62. The molecule has 8 heteroatoms. The Bertz CT molecular complexity index is 860. The Hall–Kier alpha value is -2.51. The SMILES string of the molecule is C=C(F)/C=C(\C(=C)F)C(=O)N1CCC(CCCOc2ccc(C=O)c(Cl)c2)CC1.CN(C)C. The van der Waals surface area contributed by atoms with Gasteiger partial charge in [0.15, 0.2) is 6.29 Å². The van der Waals surface area contributed by atoms with Crippen LogP contribution in [0.3, 0.4) is 0 Å². The van der Waals surface area contributed by atoms with Crippen LogP contribution >= 0.6 is 11.6 Å². The molecule has 0 radical (unpaired) electrons. The van der Waals surface area contributed by atoms with E-state index in [-0.39, 0.29) is 5.57 Å². The van der Waals surface area contributed by atoms with Crippen molar-refractivity contribution < 1.29 is 23.1 Å². The summed E-state index contributed by atoms with van der Waals surface area (Å²) in [4.78, 5) is 26.6. The molecule has 1 aromatic rings. The molecular weight excluding hydrogens is 450 g/mol. The lowest BCUT2D eigenvalue weighted by Gasteiger charge is -2.32. The highest BCUT2D eigenvalue weighted by Crippen LogP contribution is 2.26. The molecule has 0 N–H and O–H groups in total. The van der Waals surface area contributed by atoms with E-state index >= 15 is 0 Å². The average Bonchev–Trinajstić information content (AvgIpc) is 2.74. The molecule has 0 bridgehead atoms. The van der Waals surface area contributed by atoms with Crippen LogP contribution in [0, 0.1) is 5.92 Å². The molecule has 1 amide bonds. The molecule has 5 nitrogen and oxygen atoms in total. The van der Waals surface area contributed by atoms with Crippen LogP contribution in [0.15, 0.2) is 54.7 Å². The zero-order chi connectivity index (χ0) is 25.0. The molecule has 0 aliphatic carbocycles. The van der Waals surface area contributed by atoms with Crippen LogP contribution in [0.1, 0.15) is 36.0 Å². The van der Waals surface area contributed by atoms with E-state index in [2.05, 4.69) is 13.2 Å². The van der Waals surface area contributed by atoms with Crippen molar-refractivity contribution in [2.75, 3.05) is 40.8 Å². The molecule has 0 saturated carbocycles. The van der Waals surface area contributed by atoms with Gasteiger partial charge in [-0.1, -0.05) is 24.8 Å². The van der Waals surface area contributed by atoms with E-state index in [4.69, 9.17) is 16.3 Å². The lowest BCUT2D eigenvalue weighted by atomic mass is 9.92. The van der Waals surface area contributed by atoms with Gasteiger partial charge in [0.2, 0.25) is 0 Å². The number of amides is 1. The molecule has 1 saturated heterocycles. The van der Waals surface area contributed by atoms with E-state index in [0.29, 0.717) is 48.2 Å². The maximum Gasteiger partial charge on any atom is 0.256 e. The average molecular weight is 483 g/mol. The van der Waals surface area contributed by atoms with Gasteiger partial charge in [0.05, 0.1) is 17.2 Å². The normalized spacial score (nSPS) is 14.4. The van der Waals surface area contributed by atoms with Gasteiger partial charge in [-0.25, -0.2) is 8.78 Å². The Balaban J connectivity index is 0.00000125. The number of allylic oxidation sites excluding steroid dienone is 2. The number of carbonyl (C=O) groups excluding carboxylic acids is 2. The number of carbonyl (C=O) groups is 2. The quantitative estimate of drug-likeness (QED) is 0.198. The molecule has 1 aliphatic rings. The first-order chi connectivity index (χ1) is 15.5. The second kappa shape index (κ2) is 14.6. The first-order valence-electron chi connectivity index (χ1n) is 10.7.